The number of hydrogen-bond donors (Lipinski definition) is 1. The van der Waals surface area contributed by atoms with Crippen LogP contribution in [0.3, 0.4) is 0 Å². The van der Waals surface area contributed by atoms with E-state index in [0.29, 0.717) is 6.54 Å². The highest BCUT2D eigenvalue weighted by Gasteiger charge is 2.44. The maximum Gasteiger partial charge on any atom is 0.321 e. The number of benzene rings is 2. The molecule has 1 saturated carbocycles. The van der Waals surface area contributed by atoms with Crippen molar-refractivity contribution in [1.29, 1.82) is 0 Å². The van der Waals surface area contributed by atoms with Gasteiger partial charge in [-0.05, 0) is 55.0 Å². The van der Waals surface area contributed by atoms with E-state index in [1.807, 2.05) is 35.2 Å². The number of aryl methyl sites for hydroxylation is 1. The molecule has 2 aromatic carbocycles. The second-order valence-electron chi connectivity index (χ2n) is 6.83. The Morgan fingerprint density at radius 1 is 1.12 bits per heavy atom. The summed E-state index contributed by atoms with van der Waals surface area (Å²) in [6.45, 7) is 1.36. The molecule has 0 bridgehead atoms. The maximum absolute atomic E-state index is 13.1. The second-order valence-corrected chi connectivity index (χ2v) is 6.83. The van der Waals surface area contributed by atoms with E-state index in [9.17, 15) is 9.18 Å². The number of carbonyl (C=O) groups is 1. The number of halogens is 1. The van der Waals surface area contributed by atoms with Gasteiger partial charge in [0.2, 0.25) is 0 Å². The Morgan fingerprint density at radius 2 is 1.88 bits per heavy atom. The van der Waals surface area contributed by atoms with Crippen molar-refractivity contribution < 1.29 is 9.18 Å². The Balaban J connectivity index is 1.45. The van der Waals surface area contributed by atoms with E-state index in [1.54, 1.807) is 0 Å². The molecule has 1 aliphatic heterocycles. The molecule has 4 heteroatoms. The number of hydrogen-bond acceptors (Lipinski definition) is 1. The van der Waals surface area contributed by atoms with Crippen molar-refractivity contribution in [2.45, 2.75) is 31.1 Å². The smallest absolute Gasteiger partial charge is 0.321 e. The molecule has 0 radical (unpaired) electrons. The first kappa shape index (κ1) is 15.2. The Kier molecular flexibility index (Phi) is 3.75. The highest BCUT2D eigenvalue weighted by atomic mass is 19.1. The van der Waals surface area contributed by atoms with Gasteiger partial charge in [-0.15, -0.1) is 0 Å². The van der Waals surface area contributed by atoms with Gasteiger partial charge >= 0.3 is 6.03 Å². The second kappa shape index (κ2) is 5.93. The third-order valence-electron chi connectivity index (χ3n) is 5.24. The van der Waals surface area contributed by atoms with Gasteiger partial charge < -0.3 is 5.32 Å². The van der Waals surface area contributed by atoms with Crippen LogP contribution in [0.1, 0.15) is 30.4 Å². The highest BCUT2D eigenvalue weighted by molar-refractivity contribution is 5.93. The van der Waals surface area contributed by atoms with Gasteiger partial charge in [0.05, 0.1) is 0 Å². The van der Waals surface area contributed by atoms with Crippen molar-refractivity contribution in [2.75, 3.05) is 18.0 Å². The van der Waals surface area contributed by atoms with Crippen LogP contribution < -0.4 is 10.2 Å². The third kappa shape index (κ3) is 2.77. The van der Waals surface area contributed by atoms with Crippen molar-refractivity contribution in [3.8, 4) is 0 Å². The fourth-order valence-electron chi connectivity index (χ4n) is 3.61. The van der Waals surface area contributed by atoms with Gasteiger partial charge in [-0.1, -0.05) is 30.3 Å². The average Bonchev–Trinajstić information content (AvgIpc) is 3.41. The van der Waals surface area contributed by atoms with Gasteiger partial charge in [-0.2, -0.15) is 0 Å². The Morgan fingerprint density at radius 3 is 2.62 bits per heavy atom. The van der Waals surface area contributed by atoms with Crippen LogP contribution in [-0.2, 0) is 11.8 Å². The predicted octanol–water partition coefficient (Wildman–Crippen LogP) is 4.02. The molecule has 24 heavy (non-hydrogen) atoms. The van der Waals surface area contributed by atoms with Crippen LogP contribution in [0.2, 0.25) is 0 Å². The Bertz CT molecular complexity index is 752. The summed E-state index contributed by atoms with van der Waals surface area (Å²) in [6, 6.07) is 14.7. The summed E-state index contributed by atoms with van der Waals surface area (Å²) in [7, 11) is 0. The van der Waals surface area contributed by atoms with Gasteiger partial charge in [0.25, 0.3) is 0 Å². The molecule has 0 saturated heterocycles. The molecule has 1 N–H and O–H groups in total. The monoisotopic (exact) mass is 324 g/mol. The Hall–Kier alpha value is -2.36. The molecule has 0 aromatic heterocycles. The van der Waals surface area contributed by atoms with E-state index in [1.165, 1.54) is 17.7 Å². The van der Waals surface area contributed by atoms with E-state index in [0.717, 1.165) is 43.5 Å². The molecule has 0 unspecified atom stereocenters. The SMILES string of the molecule is O=C(NCC1(c2ccc(F)cc2)CC1)N1CCCc2ccccc21. The van der Waals surface area contributed by atoms with E-state index in [-0.39, 0.29) is 17.3 Å². The largest absolute Gasteiger partial charge is 0.337 e. The first-order valence-corrected chi connectivity index (χ1v) is 8.57. The zero-order valence-electron chi connectivity index (χ0n) is 13.6. The zero-order chi connectivity index (χ0) is 16.6. The van der Waals surface area contributed by atoms with Crippen molar-refractivity contribution in [1.82, 2.24) is 5.32 Å². The summed E-state index contributed by atoms with van der Waals surface area (Å²) in [4.78, 5) is 14.5. The molecule has 2 aliphatic rings. The molecule has 3 nitrogen and oxygen atoms in total. The lowest BCUT2D eigenvalue weighted by molar-refractivity contribution is 0.244. The summed E-state index contributed by atoms with van der Waals surface area (Å²) in [5.41, 5.74) is 3.35. The van der Waals surface area contributed by atoms with E-state index in [4.69, 9.17) is 0 Å². The van der Waals surface area contributed by atoms with Crippen LogP contribution in [0.25, 0.3) is 0 Å². The standard InChI is InChI=1S/C20H21FN2O/c21-17-9-7-16(8-10-17)20(11-12-20)14-22-19(24)23-13-3-5-15-4-1-2-6-18(15)23/h1-2,4,6-10H,3,5,11-14H2,(H,22,24). The topological polar surface area (TPSA) is 32.3 Å². The van der Waals surface area contributed by atoms with Gasteiger partial charge in [0.15, 0.2) is 0 Å². The van der Waals surface area contributed by atoms with Gasteiger partial charge in [-0.25, -0.2) is 9.18 Å². The van der Waals surface area contributed by atoms with Crippen molar-refractivity contribution >= 4 is 11.7 Å². The highest BCUT2D eigenvalue weighted by Crippen LogP contribution is 2.47. The fourth-order valence-corrected chi connectivity index (χ4v) is 3.61. The lowest BCUT2D eigenvalue weighted by Crippen LogP contribution is -2.45. The molecule has 0 spiro atoms. The van der Waals surface area contributed by atoms with Crippen molar-refractivity contribution in [3.05, 3.63) is 65.5 Å². The fraction of sp³-hybridized carbons (Fsp3) is 0.350. The lowest BCUT2D eigenvalue weighted by atomic mass is 9.96. The zero-order valence-corrected chi connectivity index (χ0v) is 13.6. The van der Waals surface area contributed by atoms with Crippen LogP contribution in [0.4, 0.5) is 14.9 Å². The number of fused-ring (bicyclic) bond motifs is 1. The maximum atomic E-state index is 13.1. The van der Waals surface area contributed by atoms with Crippen molar-refractivity contribution in [2.24, 2.45) is 0 Å². The van der Waals surface area contributed by atoms with Gasteiger partial charge in [0, 0.05) is 24.2 Å². The number of carbonyl (C=O) groups excluding carboxylic acids is 1. The molecule has 4 rings (SSSR count). The number of nitrogens with zero attached hydrogens (tertiary/aromatic N) is 1. The molecular formula is C20H21FN2O. The lowest BCUT2D eigenvalue weighted by Gasteiger charge is -2.30. The summed E-state index contributed by atoms with van der Waals surface area (Å²) >= 11 is 0. The molecule has 2 aromatic rings. The van der Waals surface area contributed by atoms with Crippen molar-refractivity contribution in [3.63, 3.8) is 0 Å². The molecule has 0 atom stereocenters. The minimum Gasteiger partial charge on any atom is -0.337 e. The summed E-state index contributed by atoms with van der Waals surface area (Å²) in [5.74, 6) is -0.219. The van der Waals surface area contributed by atoms with Crippen LogP contribution >= 0.6 is 0 Å². The number of anilines is 1. The summed E-state index contributed by atoms with van der Waals surface area (Å²) < 4.78 is 13.1. The number of para-hydroxylation sites is 1. The molecule has 124 valence electrons. The van der Waals surface area contributed by atoms with Crippen LogP contribution in [-0.4, -0.2) is 19.1 Å². The van der Waals surface area contributed by atoms with Crippen LogP contribution in [0, 0.1) is 5.82 Å². The minimum absolute atomic E-state index is 0.0152. The van der Waals surface area contributed by atoms with E-state index >= 15 is 0 Å². The van der Waals surface area contributed by atoms with Gasteiger partial charge in [0.1, 0.15) is 5.82 Å². The predicted molar refractivity (Wildman–Crippen MR) is 92.8 cm³/mol. The average molecular weight is 324 g/mol. The third-order valence-corrected chi connectivity index (χ3v) is 5.24. The molecular weight excluding hydrogens is 303 g/mol. The number of urea groups is 1. The quantitative estimate of drug-likeness (QED) is 0.909. The first-order valence-electron chi connectivity index (χ1n) is 8.57. The molecule has 1 fully saturated rings. The van der Waals surface area contributed by atoms with Crippen LogP contribution in [0.15, 0.2) is 48.5 Å². The molecule has 1 aliphatic carbocycles. The Labute approximate surface area is 141 Å². The number of amides is 2. The molecule has 2 amide bonds. The molecule has 1 heterocycles. The van der Waals surface area contributed by atoms with Gasteiger partial charge in [-0.3, -0.25) is 4.90 Å². The minimum atomic E-state index is -0.219. The number of rotatable bonds is 3. The first-order chi connectivity index (χ1) is 11.7. The number of nitrogens with one attached hydrogen (secondary N) is 1. The summed E-state index contributed by atoms with van der Waals surface area (Å²) in [6.07, 6.45) is 4.10. The van der Waals surface area contributed by atoms with E-state index in [2.05, 4.69) is 11.4 Å². The summed E-state index contributed by atoms with van der Waals surface area (Å²) in [5, 5.41) is 3.10. The van der Waals surface area contributed by atoms with Crippen LogP contribution in [0.5, 0.6) is 0 Å². The normalized spacial score (nSPS) is 18.0. The van der Waals surface area contributed by atoms with E-state index < -0.39 is 0 Å².